The monoisotopic (exact) mass is 286 g/mol. The third kappa shape index (κ3) is 3.24. The average molecular weight is 286 g/mol. The second kappa shape index (κ2) is 5.26. The molecule has 3 nitrogen and oxygen atoms in total. The lowest BCUT2D eigenvalue weighted by atomic mass is 10.0. The van der Waals surface area contributed by atoms with Crippen molar-refractivity contribution in [1.29, 1.82) is 0 Å². The van der Waals surface area contributed by atoms with Crippen LogP contribution >= 0.6 is 0 Å². The third-order valence-electron chi connectivity index (χ3n) is 4.00. The molecular weight excluding hydrogens is 269 g/mol. The van der Waals surface area contributed by atoms with Crippen LogP contribution in [0.1, 0.15) is 5.56 Å². The minimum Gasteiger partial charge on any atom is -0.406 e. The van der Waals surface area contributed by atoms with Crippen molar-refractivity contribution < 1.29 is 17.9 Å². The minimum absolute atomic E-state index is 0.143. The Balaban J connectivity index is 1.62. The van der Waals surface area contributed by atoms with Crippen LogP contribution in [0.4, 0.5) is 13.2 Å². The molecule has 110 valence electrons. The molecule has 20 heavy (non-hydrogen) atoms. The minimum atomic E-state index is -4.63. The number of nitrogens with one attached hydrogen (secondary N) is 1. The Hall–Kier alpha value is -1.27. The molecule has 2 fully saturated rings. The molecule has 0 aromatic heterocycles. The second-order valence-corrected chi connectivity index (χ2v) is 5.57. The molecule has 0 bridgehead atoms. The molecule has 2 aliphatic rings. The summed E-state index contributed by atoms with van der Waals surface area (Å²) >= 11 is 0. The van der Waals surface area contributed by atoms with E-state index in [4.69, 9.17) is 0 Å². The molecule has 3 rings (SSSR count). The zero-order valence-corrected chi connectivity index (χ0v) is 11.0. The van der Waals surface area contributed by atoms with Gasteiger partial charge in [-0.25, -0.2) is 0 Å². The van der Waals surface area contributed by atoms with Crippen molar-refractivity contribution in [3.8, 4) is 5.75 Å². The van der Waals surface area contributed by atoms with Gasteiger partial charge in [-0.05, 0) is 42.6 Å². The van der Waals surface area contributed by atoms with E-state index in [0.717, 1.165) is 31.7 Å². The summed E-state index contributed by atoms with van der Waals surface area (Å²) in [5.74, 6) is 1.23. The number of likely N-dealkylation sites (tertiary alicyclic amines) is 1. The summed E-state index contributed by atoms with van der Waals surface area (Å²) in [6.07, 6.45) is -4.63. The fraction of sp³-hybridized carbons (Fsp3) is 0.571. The van der Waals surface area contributed by atoms with Gasteiger partial charge in [0.25, 0.3) is 0 Å². The van der Waals surface area contributed by atoms with Crippen molar-refractivity contribution in [2.75, 3.05) is 26.2 Å². The number of nitrogens with zero attached hydrogens (tertiary/aromatic N) is 1. The van der Waals surface area contributed by atoms with E-state index >= 15 is 0 Å². The van der Waals surface area contributed by atoms with Crippen LogP contribution in [0.3, 0.4) is 0 Å². The molecule has 0 radical (unpaired) electrons. The topological polar surface area (TPSA) is 24.5 Å². The lowest BCUT2D eigenvalue weighted by molar-refractivity contribution is -0.274. The van der Waals surface area contributed by atoms with Gasteiger partial charge in [-0.15, -0.1) is 13.2 Å². The van der Waals surface area contributed by atoms with Crippen LogP contribution in [0.15, 0.2) is 24.3 Å². The quantitative estimate of drug-likeness (QED) is 0.922. The van der Waals surface area contributed by atoms with Crippen molar-refractivity contribution in [3.05, 3.63) is 29.8 Å². The first-order valence-corrected chi connectivity index (χ1v) is 6.77. The fourth-order valence-electron chi connectivity index (χ4n) is 3.18. The lowest BCUT2D eigenvalue weighted by Crippen LogP contribution is -2.25. The Morgan fingerprint density at radius 3 is 2.55 bits per heavy atom. The van der Waals surface area contributed by atoms with E-state index in [1.807, 2.05) is 6.07 Å². The summed E-state index contributed by atoms with van der Waals surface area (Å²) in [5, 5.41) is 3.37. The molecule has 2 unspecified atom stereocenters. The third-order valence-corrected chi connectivity index (χ3v) is 4.00. The van der Waals surface area contributed by atoms with Gasteiger partial charge in [0.1, 0.15) is 5.75 Å². The van der Waals surface area contributed by atoms with E-state index in [-0.39, 0.29) is 5.75 Å². The molecule has 1 N–H and O–H groups in total. The molecule has 2 aliphatic heterocycles. The van der Waals surface area contributed by atoms with Gasteiger partial charge in [-0.1, -0.05) is 12.1 Å². The molecule has 1 aromatic carbocycles. The van der Waals surface area contributed by atoms with E-state index < -0.39 is 6.36 Å². The normalized spacial score (nSPS) is 26.8. The van der Waals surface area contributed by atoms with Crippen LogP contribution in [0.2, 0.25) is 0 Å². The van der Waals surface area contributed by atoms with Crippen molar-refractivity contribution in [2.24, 2.45) is 11.8 Å². The average Bonchev–Trinajstić information content (AvgIpc) is 2.87. The van der Waals surface area contributed by atoms with Crippen molar-refractivity contribution in [1.82, 2.24) is 10.2 Å². The first-order chi connectivity index (χ1) is 9.49. The fourth-order valence-corrected chi connectivity index (χ4v) is 3.18. The number of benzene rings is 1. The van der Waals surface area contributed by atoms with Crippen molar-refractivity contribution >= 4 is 0 Å². The van der Waals surface area contributed by atoms with Crippen molar-refractivity contribution in [2.45, 2.75) is 12.9 Å². The maximum absolute atomic E-state index is 12.2. The molecule has 2 heterocycles. The van der Waals surface area contributed by atoms with E-state index in [2.05, 4.69) is 15.0 Å². The zero-order valence-electron chi connectivity index (χ0n) is 11.0. The van der Waals surface area contributed by atoms with Crippen LogP contribution in [0.25, 0.3) is 0 Å². The van der Waals surface area contributed by atoms with Crippen LogP contribution < -0.4 is 10.1 Å². The van der Waals surface area contributed by atoms with E-state index in [0.29, 0.717) is 18.4 Å². The highest BCUT2D eigenvalue weighted by Crippen LogP contribution is 2.28. The van der Waals surface area contributed by atoms with E-state index in [9.17, 15) is 13.2 Å². The summed E-state index contributed by atoms with van der Waals surface area (Å²) in [7, 11) is 0. The highest BCUT2D eigenvalue weighted by atomic mass is 19.4. The summed E-state index contributed by atoms with van der Waals surface area (Å²) in [5.41, 5.74) is 0.861. The number of fused-ring (bicyclic) bond motifs is 1. The highest BCUT2D eigenvalue weighted by Gasteiger charge is 2.36. The van der Waals surface area contributed by atoms with Crippen LogP contribution in [0, 0.1) is 11.8 Å². The Morgan fingerprint density at radius 1 is 1.20 bits per heavy atom. The Labute approximate surface area is 115 Å². The summed E-state index contributed by atoms with van der Waals surface area (Å²) in [4.78, 5) is 2.31. The van der Waals surface area contributed by atoms with E-state index in [1.165, 1.54) is 12.1 Å². The molecule has 2 atom stereocenters. The van der Waals surface area contributed by atoms with Gasteiger partial charge >= 0.3 is 6.36 Å². The van der Waals surface area contributed by atoms with Gasteiger partial charge in [0, 0.05) is 19.6 Å². The molecule has 2 saturated heterocycles. The van der Waals surface area contributed by atoms with Crippen LogP contribution in [0.5, 0.6) is 5.75 Å². The first kappa shape index (κ1) is 13.7. The highest BCUT2D eigenvalue weighted by molar-refractivity contribution is 5.28. The first-order valence-electron chi connectivity index (χ1n) is 6.77. The van der Waals surface area contributed by atoms with Gasteiger partial charge in [0.15, 0.2) is 0 Å². The molecule has 1 aromatic rings. The second-order valence-electron chi connectivity index (χ2n) is 5.57. The lowest BCUT2D eigenvalue weighted by Gasteiger charge is -2.17. The van der Waals surface area contributed by atoms with Crippen LogP contribution in [-0.4, -0.2) is 37.4 Å². The number of hydrogen-bond donors (Lipinski definition) is 1. The summed E-state index contributed by atoms with van der Waals surface area (Å²) < 4.78 is 40.5. The largest absolute Gasteiger partial charge is 0.573 e. The molecule has 0 spiro atoms. The Kier molecular flexibility index (Phi) is 3.60. The van der Waals surface area contributed by atoms with Crippen LogP contribution in [-0.2, 0) is 6.54 Å². The maximum Gasteiger partial charge on any atom is 0.573 e. The van der Waals surface area contributed by atoms with Gasteiger partial charge in [-0.2, -0.15) is 0 Å². The SMILES string of the molecule is FC(F)(F)Oc1cccc(CN2CC3CNCC3C2)c1. The predicted molar refractivity (Wildman–Crippen MR) is 68.3 cm³/mol. The summed E-state index contributed by atoms with van der Waals surface area (Å²) in [6, 6.07) is 6.25. The number of alkyl halides is 3. The Bertz CT molecular complexity index is 466. The van der Waals surface area contributed by atoms with Gasteiger partial charge in [-0.3, -0.25) is 4.90 Å². The molecular formula is C14H17F3N2O. The molecule has 0 saturated carbocycles. The van der Waals surface area contributed by atoms with Crippen molar-refractivity contribution in [3.63, 3.8) is 0 Å². The van der Waals surface area contributed by atoms with Gasteiger partial charge in [0.05, 0.1) is 0 Å². The smallest absolute Gasteiger partial charge is 0.406 e. The number of hydrogen-bond acceptors (Lipinski definition) is 3. The number of halogens is 3. The molecule has 0 amide bonds. The molecule has 0 aliphatic carbocycles. The maximum atomic E-state index is 12.2. The number of rotatable bonds is 3. The predicted octanol–water partition coefficient (Wildman–Crippen LogP) is 2.24. The standard InChI is InChI=1S/C14H17F3N2O/c15-14(16,17)20-13-3-1-2-10(4-13)7-19-8-11-5-18-6-12(11)9-19/h1-4,11-12,18H,5-9H2. The zero-order chi connectivity index (χ0) is 14.2. The Morgan fingerprint density at radius 2 is 1.90 bits per heavy atom. The molecule has 6 heteroatoms. The summed E-state index contributed by atoms with van der Waals surface area (Å²) in [6.45, 7) is 4.82. The van der Waals surface area contributed by atoms with Gasteiger partial charge in [0.2, 0.25) is 0 Å². The van der Waals surface area contributed by atoms with Gasteiger partial charge < -0.3 is 10.1 Å². The van der Waals surface area contributed by atoms with E-state index in [1.54, 1.807) is 6.07 Å². The number of ether oxygens (including phenoxy) is 1.